The predicted molar refractivity (Wildman–Crippen MR) is 87.0 cm³/mol. The SMILES string of the molecule is CCOC(=O)c1sc(N2CC(C)C(C)C2)c(SC)c1N. The smallest absolute Gasteiger partial charge is 0.350 e. The quantitative estimate of drug-likeness (QED) is 0.682. The zero-order valence-corrected chi connectivity index (χ0v) is 14.1. The van der Waals surface area contributed by atoms with E-state index < -0.39 is 0 Å². The summed E-state index contributed by atoms with van der Waals surface area (Å²) in [5.74, 6) is 1.02. The van der Waals surface area contributed by atoms with Gasteiger partial charge in [-0.2, -0.15) is 0 Å². The molecule has 1 aromatic heterocycles. The maximum absolute atomic E-state index is 12.0. The summed E-state index contributed by atoms with van der Waals surface area (Å²) in [5.41, 5.74) is 6.72. The van der Waals surface area contributed by atoms with Crippen molar-refractivity contribution in [2.75, 3.05) is 36.6 Å². The van der Waals surface area contributed by atoms with Crippen molar-refractivity contribution >= 4 is 39.8 Å². The fourth-order valence-electron chi connectivity index (χ4n) is 2.47. The van der Waals surface area contributed by atoms with Gasteiger partial charge in [0.15, 0.2) is 0 Å². The van der Waals surface area contributed by atoms with Gasteiger partial charge in [-0.15, -0.1) is 23.1 Å². The van der Waals surface area contributed by atoms with Crippen molar-refractivity contribution < 1.29 is 9.53 Å². The normalized spacial score (nSPS) is 22.3. The molecule has 2 rings (SSSR count). The van der Waals surface area contributed by atoms with Crippen LogP contribution >= 0.6 is 23.1 Å². The Kier molecular flexibility index (Phi) is 4.86. The van der Waals surface area contributed by atoms with Crippen molar-refractivity contribution in [1.29, 1.82) is 0 Å². The Morgan fingerprint density at radius 1 is 1.45 bits per heavy atom. The Balaban J connectivity index is 2.34. The molecule has 112 valence electrons. The molecule has 2 atom stereocenters. The van der Waals surface area contributed by atoms with Gasteiger partial charge >= 0.3 is 5.97 Å². The average molecular weight is 314 g/mol. The van der Waals surface area contributed by atoms with E-state index in [2.05, 4.69) is 18.7 Å². The molecule has 2 N–H and O–H groups in total. The van der Waals surface area contributed by atoms with Gasteiger partial charge < -0.3 is 15.4 Å². The summed E-state index contributed by atoms with van der Waals surface area (Å²) in [6.45, 7) is 8.77. The lowest BCUT2D eigenvalue weighted by atomic mass is 10.0. The summed E-state index contributed by atoms with van der Waals surface area (Å²) in [5, 5.41) is 1.12. The molecule has 1 aromatic rings. The average Bonchev–Trinajstić information content (AvgIpc) is 2.90. The summed E-state index contributed by atoms with van der Waals surface area (Å²) >= 11 is 3.07. The van der Waals surface area contributed by atoms with Crippen molar-refractivity contribution in [2.24, 2.45) is 11.8 Å². The second-order valence-corrected chi connectivity index (χ2v) is 7.08. The van der Waals surface area contributed by atoms with Gasteiger partial charge in [0.05, 0.1) is 17.2 Å². The molecule has 1 aliphatic heterocycles. The summed E-state index contributed by atoms with van der Waals surface area (Å²) in [6, 6.07) is 0. The van der Waals surface area contributed by atoms with E-state index in [1.807, 2.05) is 13.2 Å². The van der Waals surface area contributed by atoms with Gasteiger partial charge in [0.25, 0.3) is 0 Å². The number of thiophene rings is 1. The summed E-state index contributed by atoms with van der Waals surface area (Å²) in [7, 11) is 0. The number of nitrogen functional groups attached to an aromatic ring is 1. The van der Waals surface area contributed by atoms with E-state index in [1.165, 1.54) is 11.3 Å². The van der Waals surface area contributed by atoms with E-state index in [-0.39, 0.29) is 5.97 Å². The standard InChI is InChI=1S/C14H22N2O2S2/c1-5-18-14(17)12-10(15)11(19-4)13(20-12)16-6-8(2)9(3)7-16/h8-9H,5-7,15H2,1-4H3. The van der Waals surface area contributed by atoms with Crippen LogP contribution in [0.3, 0.4) is 0 Å². The highest BCUT2D eigenvalue weighted by Crippen LogP contribution is 2.46. The molecule has 1 saturated heterocycles. The molecule has 2 heterocycles. The number of rotatable bonds is 4. The van der Waals surface area contributed by atoms with E-state index in [9.17, 15) is 4.79 Å². The zero-order chi connectivity index (χ0) is 14.9. The van der Waals surface area contributed by atoms with Crippen molar-refractivity contribution in [3.05, 3.63) is 4.88 Å². The van der Waals surface area contributed by atoms with E-state index >= 15 is 0 Å². The number of ether oxygens (including phenoxy) is 1. The lowest BCUT2D eigenvalue weighted by Crippen LogP contribution is -2.18. The number of anilines is 2. The Morgan fingerprint density at radius 2 is 2.05 bits per heavy atom. The molecule has 1 fully saturated rings. The highest BCUT2D eigenvalue weighted by molar-refractivity contribution is 7.99. The van der Waals surface area contributed by atoms with Crippen LogP contribution in [0.5, 0.6) is 0 Å². The topological polar surface area (TPSA) is 55.6 Å². The first kappa shape index (κ1) is 15.5. The first-order valence-electron chi connectivity index (χ1n) is 6.87. The van der Waals surface area contributed by atoms with Crippen LogP contribution in [0.25, 0.3) is 0 Å². The highest BCUT2D eigenvalue weighted by Gasteiger charge is 2.31. The third-order valence-electron chi connectivity index (χ3n) is 3.82. The van der Waals surface area contributed by atoms with Gasteiger partial charge in [0, 0.05) is 13.1 Å². The molecule has 0 amide bonds. The number of nitrogens with two attached hydrogens (primary N) is 1. The number of carbonyl (C=O) groups excluding carboxylic acids is 1. The second kappa shape index (κ2) is 6.26. The first-order chi connectivity index (χ1) is 9.49. The maximum atomic E-state index is 12.0. The first-order valence-corrected chi connectivity index (χ1v) is 8.92. The molecule has 0 radical (unpaired) electrons. The highest BCUT2D eigenvalue weighted by atomic mass is 32.2. The van der Waals surface area contributed by atoms with Gasteiger partial charge in [0.2, 0.25) is 0 Å². The third kappa shape index (κ3) is 2.76. The van der Waals surface area contributed by atoms with Gasteiger partial charge in [0.1, 0.15) is 9.88 Å². The summed E-state index contributed by atoms with van der Waals surface area (Å²) < 4.78 is 5.09. The molecular formula is C14H22N2O2S2. The van der Waals surface area contributed by atoms with E-state index in [1.54, 1.807) is 11.8 Å². The summed E-state index contributed by atoms with van der Waals surface area (Å²) in [4.78, 5) is 15.9. The molecule has 0 bridgehead atoms. The van der Waals surface area contributed by atoms with Crippen LogP contribution in [0.1, 0.15) is 30.4 Å². The molecule has 0 spiro atoms. The zero-order valence-electron chi connectivity index (χ0n) is 12.4. The van der Waals surface area contributed by atoms with Crippen LogP contribution < -0.4 is 10.6 Å². The van der Waals surface area contributed by atoms with Crippen molar-refractivity contribution in [3.8, 4) is 0 Å². The lowest BCUT2D eigenvalue weighted by molar-refractivity contribution is 0.0533. The van der Waals surface area contributed by atoms with Crippen LogP contribution in [0.2, 0.25) is 0 Å². The Hall–Kier alpha value is -0.880. The Morgan fingerprint density at radius 3 is 2.55 bits per heavy atom. The Bertz CT molecular complexity index is 492. The number of hydrogen-bond donors (Lipinski definition) is 1. The van der Waals surface area contributed by atoms with Crippen LogP contribution in [-0.2, 0) is 4.74 Å². The number of thioether (sulfide) groups is 1. The fourth-order valence-corrected chi connectivity index (χ4v) is 4.56. The van der Waals surface area contributed by atoms with Gasteiger partial charge in [-0.25, -0.2) is 4.79 Å². The predicted octanol–water partition coefficient (Wildman–Crippen LogP) is 3.32. The molecule has 2 unspecified atom stereocenters. The minimum Gasteiger partial charge on any atom is -0.462 e. The molecule has 0 aromatic carbocycles. The van der Waals surface area contributed by atoms with E-state index in [0.29, 0.717) is 29.0 Å². The van der Waals surface area contributed by atoms with Gasteiger partial charge in [-0.05, 0) is 25.0 Å². The Labute approximate surface area is 128 Å². The van der Waals surface area contributed by atoms with Crippen molar-refractivity contribution in [2.45, 2.75) is 25.7 Å². The molecule has 0 aliphatic carbocycles. The van der Waals surface area contributed by atoms with Crippen LogP contribution in [0.4, 0.5) is 10.7 Å². The van der Waals surface area contributed by atoms with Crippen molar-refractivity contribution in [1.82, 2.24) is 0 Å². The number of esters is 1. The van der Waals surface area contributed by atoms with Crippen LogP contribution in [0.15, 0.2) is 4.90 Å². The summed E-state index contributed by atoms with van der Waals surface area (Å²) in [6.07, 6.45) is 2.00. The van der Waals surface area contributed by atoms with Gasteiger partial charge in [-0.1, -0.05) is 13.8 Å². The number of hydrogen-bond acceptors (Lipinski definition) is 6. The van der Waals surface area contributed by atoms with E-state index in [0.717, 1.165) is 23.0 Å². The minimum absolute atomic E-state index is 0.308. The molecule has 0 saturated carbocycles. The molecule has 1 aliphatic rings. The minimum atomic E-state index is -0.308. The van der Waals surface area contributed by atoms with E-state index in [4.69, 9.17) is 10.5 Å². The monoisotopic (exact) mass is 314 g/mol. The number of nitrogens with zero attached hydrogens (tertiary/aromatic N) is 1. The molecule has 4 nitrogen and oxygen atoms in total. The van der Waals surface area contributed by atoms with Crippen LogP contribution in [-0.4, -0.2) is 31.9 Å². The molecule has 20 heavy (non-hydrogen) atoms. The number of carbonyl (C=O) groups is 1. The van der Waals surface area contributed by atoms with Crippen molar-refractivity contribution in [3.63, 3.8) is 0 Å². The third-order valence-corrected chi connectivity index (χ3v) is 6.02. The largest absolute Gasteiger partial charge is 0.462 e. The lowest BCUT2D eigenvalue weighted by Gasteiger charge is -2.17. The van der Waals surface area contributed by atoms with Gasteiger partial charge in [-0.3, -0.25) is 0 Å². The second-order valence-electron chi connectivity index (χ2n) is 5.26. The van der Waals surface area contributed by atoms with Crippen LogP contribution in [0, 0.1) is 11.8 Å². The maximum Gasteiger partial charge on any atom is 0.350 e. The molecular weight excluding hydrogens is 292 g/mol. The molecule has 6 heteroatoms. The fraction of sp³-hybridized carbons (Fsp3) is 0.643.